The minimum Gasteiger partial charge on any atom is -0.508 e. The Balaban J connectivity index is 1.93. The minimum atomic E-state index is 0.249. The molecule has 4 heteroatoms. The van der Waals surface area contributed by atoms with Gasteiger partial charge >= 0.3 is 0 Å². The molecule has 2 heterocycles. The molecular formula is C20H21N3O. The van der Waals surface area contributed by atoms with E-state index in [0.29, 0.717) is 12.2 Å². The molecular weight excluding hydrogens is 298 g/mol. The molecule has 1 aromatic carbocycles. The molecule has 1 aliphatic carbocycles. The maximum atomic E-state index is 10.3. The Morgan fingerprint density at radius 2 is 1.92 bits per heavy atom. The first-order chi connectivity index (χ1) is 11.7. The third-order valence-electron chi connectivity index (χ3n) is 4.64. The number of aliphatic hydroxyl groups is 1. The minimum absolute atomic E-state index is 0.249. The molecule has 0 bridgehead atoms. The third-order valence-corrected chi connectivity index (χ3v) is 4.64. The SMILES string of the molecule is Cc1ccc2c(N3CCCC3)nc(C3=C(O)C=CC=CC3)nc2c1. The lowest BCUT2D eigenvalue weighted by atomic mass is 10.1. The number of anilines is 1. The van der Waals surface area contributed by atoms with E-state index in [9.17, 15) is 5.11 Å². The van der Waals surface area contributed by atoms with Crippen LogP contribution >= 0.6 is 0 Å². The summed E-state index contributed by atoms with van der Waals surface area (Å²) in [6, 6.07) is 6.32. The summed E-state index contributed by atoms with van der Waals surface area (Å²) in [7, 11) is 0. The van der Waals surface area contributed by atoms with E-state index in [4.69, 9.17) is 9.97 Å². The Kier molecular flexibility index (Phi) is 3.81. The molecule has 2 aliphatic rings. The van der Waals surface area contributed by atoms with Crippen molar-refractivity contribution < 1.29 is 5.11 Å². The van der Waals surface area contributed by atoms with Gasteiger partial charge in [0.1, 0.15) is 11.6 Å². The number of aryl methyl sites for hydroxylation is 1. The zero-order valence-corrected chi connectivity index (χ0v) is 13.9. The molecule has 0 radical (unpaired) electrons. The van der Waals surface area contributed by atoms with E-state index in [1.807, 2.05) is 18.2 Å². The molecule has 1 aliphatic heterocycles. The van der Waals surface area contributed by atoms with Crippen LogP contribution in [0.5, 0.6) is 0 Å². The number of allylic oxidation sites excluding steroid dienone is 5. The first-order valence-corrected chi connectivity index (χ1v) is 8.51. The van der Waals surface area contributed by atoms with Crippen molar-refractivity contribution in [3.05, 3.63) is 59.7 Å². The van der Waals surface area contributed by atoms with Crippen LogP contribution in [0.3, 0.4) is 0 Å². The molecule has 0 atom stereocenters. The molecule has 1 N–H and O–H groups in total. The number of aliphatic hydroxyl groups excluding tert-OH is 1. The molecule has 1 saturated heterocycles. The van der Waals surface area contributed by atoms with Gasteiger partial charge in [-0.3, -0.25) is 0 Å². The lowest BCUT2D eigenvalue weighted by Crippen LogP contribution is -2.20. The predicted octanol–water partition coefficient (Wildman–Crippen LogP) is 4.32. The number of aromatic nitrogens is 2. The van der Waals surface area contributed by atoms with E-state index in [2.05, 4.69) is 30.0 Å². The predicted molar refractivity (Wildman–Crippen MR) is 98.2 cm³/mol. The average molecular weight is 319 g/mol. The third kappa shape index (κ3) is 2.68. The quantitative estimate of drug-likeness (QED) is 0.895. The lowest BCUT2D eigenvalue weighted by Gasteiger charge is -2.20. The normalized spacial score (nSPS) is 17.8. The monoisotopic (exact) mass is 319 g/mol. The standard InChI is InChI=1S/C20H21N3O/c1-14-9-10-15-17(13-14)21-19(16-7-3-2-4-8-18(16)24)22-20(15)23-11-5-6-12-23/h2-4,8-10,13,24H,5-7,11-12H2,1H3. The molecule has 4 rings (SSSR count). The number of fused-ring (bicyclic) bond motifs is 1. The highest BCUT2D eigenvalue weighted by molar-refractivity contribution is 5.91. The van der Waals surface area contributed by atoms with E-state index < -0.39 is 0 Å². The first kappa shape index (κ1) is 14.9. The number of hydrogen-bond donors (Lipinski definition) is 1. The number of hydrogen-bond acceptors (Lipinski definition) is 4. The zero-order chi connectivity index (χ0) is 16.5. The van der Waals surface area contributed by atoms with Crippen LogP contribution in [0.4, 0.5) is 5.82 Å². The molecule has 2 aromatic rings. The van der Waals surface area contributed by atoms with Crippen LogP contribution in [0.15, 0.2) is 48.3 Å². The van der Waals surface area contributed by atoms with Crippen molar-refractivity contribution >= 4 is 22.3 Å². The average Bonchev–Trinajstić information content (AvgIpc) is 3.02. The summed E-state index contributed by atoms with van der Waals surface area (Å²) in [5, 5.41) is 11.4. The summed E-state index contributed by atoms with van der Waals surface area (Å²) in [5.74, 6) is 1.87. The second-order valence-electron chi connectivity index (χ2n) is 6.44. The molecule has 0 spiro atoms. The summed E-state index contributed by atoms with van der Waals surface area (Å²) >= 11 is 0. The maximum absolute atomic E-state index is 10.3. The second-order valence-corrected chi connectivity index (χ2v) is 6.44. The van der Waals surface area contributed by atoms with Gasteiger partial charge in [0.25, 0.3) is 0 Å². The number of rotatable bonds is 2. The van der Waals surface area contributed by atoms with Crippen molar-refractivity contribution in [3.8, 4) is 0 Å². The van der Waals surface area contributed by atoms with Crippen molar-refractivity contribution in [2.24, 2.45) is 0 Å². The Morgan fingerprint density at radius 3 is 2.75 bits per heavy atom. The van der Waals surface area contributed by atoms with E-state index in [1.165, 1.54) is 18.4 Å². The fraction of sp³-hybridized carbons (Fsp3) is 0.300. The molecule has 0 amide bonds. The first-order valence-electron chi connectivity index (χ1n) is 8.51. The Morgan fingerprint density at radius 1 is 1.08 bits per heavy atom. The van der Waals surface area contributed by atoms with Gasteiger partial charge in [-0.1, -0.05) is 24.3 Å². The van der Waals surface area contributed by atoms with Gasteiger partial charge in [0, 0.05) is 24.0 Å². The van der Waals surface area contributed by atoms with Gasteiger partial charge in [-0.25, -0.2) is 9.97 Å². The van der Waals surface area contributed by atoms with E-state index in [0.717, 1.165) is 35.4 Å². The summed E-state index contributed by atoms with van der Waals surface area (Å²) < 4.78 is 0. The molecule has 122 valence electrons. The van der Waals surface area contributed by atoms with Crippen molar-refractivity contribution in [2.75, 3.05) is 18.0 Å². The molecule has 0 unspecified atom stereocenters. The van der Waals surface area contributed by atoms with Gasteiger partial charge < -0.3 is 10.0 Å². The molecule has 1 fully saturated rings. The molecule has 4 nitrogen and oxygen atoms in total. The largest absolute Gasteiger partial charge is 0.508 e. The number of benzene rings is 1. The van der Waals surface area contributed by atoms with Crippen LogP contribution in [0.1, 0.15) is 30.7 Å². The summed E-state index contributed by atoms with van der Waals surface area (Å²) in [4.78, 5) is 12.0. The van der Waals surface area contributed by atoms with Crippen LogP contribution in [-0.4, -0.2) is 28.2 Å². The summed E-state index contributed by atoms with van der Waals surface area (Å²) in [5.41, 5.74) is 2.90. The highest BCUT2D eigenvalue weighted by Gasteiger charge is 2.20. The second kappa shape index (κ2) is 6.11. The van der Waals surface area contributed by atoms with Gasteiger partial charge in [0.2, 0.25) is 0 Å². The van der Waals surface area contributed by atoms with Crippen molar-refractivity contribution in [1.82, 2.24) is 9.97 Å². The molecule has 0 saturated carbocycles. The maximum Gasteiger partial charge on any atom is 0.162 e. The topological polar surface area (TPSA) is 49.2 Å². The van der Waals surface area contributed by atoms with Crippen molar-refractivity contribution in [3.63, 3.8) is 0 Å². The van der Waals surface area contributed by atoms with Gasteiger partial charge in [-0.05, 0) is 50.0 Å². The Hall–Kier alpha value is -2.62. The van der Waals surface area contributed by atoms with Crippen LogP contribution in [0.25, 0.3) is 16.5 Å². The van der Waals surface area contributed by atoms with Crippen LogP contribution < -0.4 is 4.90 Å². The van der Waals surface area contributed by atoms with Crippen molar-refractivity contribution in [1.29, 1.82) is 0 Å². The van der Waals surface area contributed by atoms with Gasteiger partial charge in [-0.2, -0.15) is 0 Å². The van der Waals surface area contributed by atoms with Crippen LogP contribution in [-0.2, 0) is 0 Å². The molecule has 1 aromatic heterocycles. The fourth-order valence-corrected chi connectivity index (χ4v) is 3.35. The Bertz CT molecular complexity index is 874. The summed E-state index contributed by atoms with van der Waals surface area (Å²) in [6.45, 7) is 4.14. The van der Waals surface area contributed by atoms with Gasteiger partial charge in [0.05, 0.1) is 5.52 Å². The highest BCUT2D eigenvalue weighted by Crippen LogP contribution is 2.31. The highest BCUT2D eigenvalue weighted by atomic mass is 16.3. The van der Waals surface area contributed by atoms with Gasteiger partial charge in [-0.15, -0.1) is 0 Å². The van der Waals surface area contributed by atoms with Gasteiger partial charge in [0.15, 0.2) is 5.82 Å². The zero-order valence-electron chi connectivity index (χ0n) is 13.9. The van der Waals surface area contributed by atoms with Crippen LogP contribution in [0, 0.1) is 6.92 Å². The van der Waals surface area contributed by atoms with Crippen LogP contribution in [0.2, 0.25) is 0 Å². The van der Waals surface area contributed by atoms with E-state index in [-0.39, 0.29) is 5.76 Å². The van der Waals surface area contributed by atoms with Crippen molar-refractivity contribution in [2.45, 2.75) is 26.2 Å². The number of nitrogens with zero attached hydrogens (tertiary/aromatic N) is 3. The Labute approximate surface area is 141 Å². The van der Waals surface area contributed by atoms with E-state index in [1.54, 1.807) is 6.08 Å². The smallest absolute Gasteiger partial charge is 0.162 e. The molecule has 24 heavy (non-hydrogen) atoms. The summed E-state index contributed by atoms with van der Waals surface area (Å²) in [6.07, 6.45) is 10.5. The lowest BCUT2D eigenvalue weighted by molar-refractivity contribution is 0.434. The van der Waals surface area contributed by atoms with E-state index >= 15 is 0 Å². The fourth-order valence-electron chi connectivity index (χ4n) is 3.35.